The second-order valence-corrected chi connectivity index (χ2v) is 7.57. The molecule has 0 aromatic heterocycles. The number of hydrogen-bond acceptors (Lipinski definition) is 8. The Bertz CT molecular complexity index is 801. The maximum absolute atomic E-state index is 12.6. The van der Waals surface area contributed by atoms with E-state index >= 15 is 0 Å². The number of nitrogens with two attached hydrogens (primary N) is 1. The molecule has 15 heteroatoms. The van der Waals surface area contributed by atoms with E-state index in [0.717, 1.165) is 0 Å². The van der Waals surface area contributed by atoms with Crippen molar-refractivity contribution in [3.8, 4) is 0 Å². The zero-order valence-corrected chi connectivity index (χ0v) is 18.6. The quantitative estimate of drug-likeness (QED) is 0.114. The maximum Gasteiger partial charge on any atom is 0.326 e. The van der Waals surface area contributed by atoms with Crippen molar-refractivity contribution >= 4 is 41.6 Å². The van der Waals surface area contributed by atoms with Crippen LogP contribution in [0.4, 0.5) is 0 Å². The van der Waals surface area contributed by atoms with Crippen molar-refractivity contribution in [2.24, 2.45) is 11.7 Å². The number of carbonyl (C=O) groups excluding carboxylic acids is 3. The minimum Gasteiger partial charge on any atom is -0.481 e. The first kappa shape index (κ1) is 30.2. The van der Waals surface area contributed by atoms with E-state index in [1.807, 2.05) is 10.6 Å². The van der Waals surface area contributed by atoms with Crippen LogP contribution in [0, 0.1) is 5.92 Å². The van der Waals surface area contributed by atoms with E-state index in [1.54, 1.807) is 6.92 Å². The van der Waals surface area contributed by atoms with E-state index in [9.17, 15) is 38.7 Å². The van der Waals surface area contributed by atoms with Gasteiger partial charge >= 0.3 is 23.9 Å². The third-order valence-corrected chi connectivity index (χ3v) is 4.81. The zero-order valence-electron chi connectivity index (χ0n) is 18.6. The summed E-state index contributed by atoms with van der Waals surface area (Å²) in [6.07, 6.45) is -2.33. The van der Waals surface area contributed by atoms with Crippen molar-refractivity contribution in [1.29, 1.82) is 0 Å². The fraction of sp³-hybridized carbons (Fsp3) is 0.632. The van der Waals surface area contributed by atoms with Crippen LogP contribution < -0.4 is 21.7 Å². The molecular formula is C19H30N4O11. The molecular weight excluding hydrogens is 460 g/mol. The van der Waals surface area contributed by atoms with Gasteiger partial charge in [0.2, 0.25) is 17.7 Å². The minimum atomic E-state index is -1.79. The molecule has 0 aromatic carbocycles. The van der Waals surface area contributed by atoms with Crippen LogP contribution in [0.1, 0.15) is 46.0 Å². The van der Waals surface area contributed by atoms with Crippen LogP contribution >= 0.6 is 0 Å². The number of carboxylic acids is 4. The summed E-state index contributed by atoms with van der Waals surface area (Å²) in [5, 5.41) is 42.3. The predicted molar refractivity (Wildman–Crippen MR) is 112 cm³/mol. The van der Waals surface area contributed by atoms with Gasteiger partial charge in [-0.25, -0.2) is 4.79 Å². The number of aliphatic carboxylic acids is 4. The normalized spacial score (nSPS) is 15.0. The number of nitrogens with one attached hydrogen (secondary N) is 3. The molecule has 0 bridgehead atoms. The molecule has 34 heavy (non-hydrogen) atoms. The maximum atomic E-state index is 12.6. The molecule has 5 unspecified atom stereocenters. The third kappa shape index (κ3) is 11.2. The Hall–Kier alpha value is -3.75. The highest BCUT2D eigenvalue weighted by Gasteiger charge is 2.33. The minimum absolute atomic E-state index is 0.307. The lowest BCUT2D eigenvalue weighted by Crippen LogP contribution is -2.58. The summed E-state index contributed by atoms with van der Waals surface area (Å²) in [7, 11) is 0. The molecule has 15 nitrogen and oxygen atoms in total. The summed E-state index contributed by atoms with van der Waals surface area (Å²) >= 11 is 0. The first-order chi connectivity index (χ1) is 15.7. The van der Waals surface area contributed by atoms with E-state index in [4.69, 9.17) is 21.1 Å². The lowest BCUT2D eigenvalue weighted by atomic mass is 9.98. The molecule has 0 saturated heterocycles. The predicted octanol–water partition coefficient (Wildman–Crippen LogP) is -2.29. The van der Waals surface area contributed by atoms with Crippen molar-refractivity contribution in [3.63, 3.8) is 0 Å². The van der Waals surface area contributed by atoms with Crippen LogP contribution in [0.2, 0.25) is 0 Å². The van der Waals surface area contributed by atoms with Crippen LogP contribution in [0.5, 0.6) is 0 Å². The molecule has 0 radical (unpaired) electrons. The van der Waals surface area contributed by atoms with Crippen molar-refractivity contribution in [2.45, 2.75) is 70.1 Å². The fourth-order valence-electron chi connectivity index (χ4n) is 2.67. The average Bonchev–Trinajstić information content (AvgIpc) is 2.72. The lowest BCUT2D eigenvalue weighted by molar-refractivity contribution is -0.145. The molecule has 0 aliphatic heterocycles. The van der Waals surface area contributed by atoms with Gasteiger partial charge in [-0.05, 0) is 12.3 Å². The molecule has 0 rings (SSSR count). The molecule has 0 aliphatic carbocycles. The molecule has 0 spiro atoms. The molecule has 5 atom stereocenters. The van der Waals surface area contributed by atoms with Crippen LogP contribution in [0.15, 0.2) is 0 Å². The SMILES string of the molecule is CCC(C)C(NC(=O)C(CC(=O)O)NC(=O)C(CC(=O)O)NC(=O)C(N)CCC(=O)O)C(=O)O. The van der Waals surface area contributed by atoms with Gasteiger partial charge in [0.25, 0.3) is 0 Å². The summed E-state index contributed by atoms with van der Waals surface area (Å²) < 4.78 is 0. The van der Waals surface area contributed by atoms with Gasteiger partial charge in [-0.1, -0.05) is 20.3 Å². The van der Waals surface area contributed by atoms with Gasteiger partial charge in [-0.2, -0.15) is 0 Å². The fourth-order valence-corrected chi connectivity index (χ4v) is 2.67. The second-order valence-electron chi connectivity index (χ2n) is 7.57. The van der Waals surface area contributed by atoms with Gasteiger partial charge in [-0.15, -0.1) is 0 Å². The van der Waals surface area contributed by atoms with Crippen molar-refractivity contribution in [1.82, 2.24) is 16.0 Å². The van der Waals surface area contributed by atoms with E-state index in [-0.39, 0.29) is 6.42 Å². The van der Waals surface area contributed by atoms with E-state index in [0.29, 0.717) is 6.42 Å². The van der Waals surface area contributed by atoms with Crippen molar-refractivity contribution in [3.05, 3.63) is 0 Å². The van der Waals surface area contributed by atoms with Crippen LogP contribution in [-0.2, 0) is 33.6 Å². The van der Waals surface area contributed by atoms with Crippen LogP contribution in [0.25, 0.3) is 0 Å². The van der Waals surface area contributed by atoms with Gasteiger partial charge in [0.05, 0.1) is 18.9 Å². The van der Waals surface area contributed by atoms with Gasteiger partial charge in [0.1, 0.15) is 18.1 Å². The number of carboxylic acid groups (broad SMARTS) is 4. The monoisotopic (exact) mass is 490 g/mol. The summed E-state index contributed by atoms with van der Waals surface area (Å²) in [5.74, 6) is -9.61. The molecule has 0 aliphatic rings. The highest BCUT2D eigenvalue weighted by Crippen LogP contribution is 2.09. The van der Waals surface area contributed by atoms with E-state index in [1.165, 1.54) is 6.92 Å². The number of carbonyl (C=O) groups is 7. The standard InChI is InChI=1S/C19H30N4O11/c1-3-8(2)15(19(33)34)23-18(32)11(7-14(28)29)22-17(31)10(6-13(26)27)21-16(30)9(20)4-5-12(24)25/h8-11,15H,3-7,20H2,1-2H3,(H,21,30)(H,22,31)(H,23,32)(H,24,25)(H,26,27)(H,28,29)(H,33,34). The number of rotatable bonds is 16. The van der Waals surface area contributed by atoms with Gasteiger partial charge in [0.15, 0.2) is 0 Å². The molecule has 3 amide bonds. The van der Waals surface area contributed by atoms with Crippen LogP contribution in [-0.4, -0.2) is 86.2 Å². The Balaban J connectivity index is 5.56. The Morgan fingerprint density at radius 3 is 1.56 bits per heavy atom. The largest absolute Gasteiger partial charge is 0.481 e. The van der Waals surface area contributed by atoms with E-state index in [2.05, 4.69) is 5.32 Å². The topological polar surface area (TPSA) is 263 Å². The Labute approximate surface area is 194 Å². The summed E-state index contributed by atoms with van der Waals surface area (Å²) in [6, 6.07) is -6.34. The Morgan fingerprint density at radius 1 is 0.735 bits per heavy atom. The molecule has 0 saturated carbocycles. The highest BCUT2D eigenvalue weighted by atomic mass is 16.4. The third-order valence-electron chi connectivity index (χ3n) is 4.81. The summed E-state index contributed by atoms with van der Waals surface area (Å²) in [6.45, 7) is 3.21. The molecule has 0 aromatic rings. The molecule has 192 valence electrons. The number of hydrogen-bond donors (Lipinski definition) is 8. The first-order valence-electron chi connectivity index (χ1n) is 10.2. The molecule has 9 N–H and O–H groups in total. The zero-order chi connectivity index (χ0) is 26.6. The smallest absolute Gasteiger partial charge is 0.326 e. The second kappa shape index (κ2) is 14.4. The van der Waals surface area contributed by atoms with E-state index < -0.39 is 90.9 Å². The molecule has 0 fully saturated rings. The lowest BCUT2D eigenvalue weighted by Gasteiger charge is -2.25. The highest BCUT2D eigenvalue weighted by molar-refractivity contribution is 5.96. The van der Waals surface area contributed by atoms with Gasteiger partial charge in [-0.3, -0.25) is 28.8 Å². The number of amides is 3. The summed E-state index contributed by atoms with van der Waals surface area (Å²) in [5.41, 5.74) is 5.53. The van der Waals surface area contributed by atoms with Gasteiger partial charge in [0, 0.05) is 6.42 Å². The summed E-state index contributed by atoms with van der Waals surface area (Å²) in [4.78, 5) is 81.6. The average molecular weight is 490 g/mol. The van der Waals surface area contributed by atoms with Crippen molar-refractivity contribution < 1.29 is 54.0 Å². The Kier molecular flexibility index (Phi) is 12.8. The van der Waals surface area contributed by atoms with Crippen LogP contribution in [0.3, 0.4) is 0 Å². The van der Waals surface area contributed by atoms with Gasteiger partial charge < -0.3 is 42.1 Å². The molecule has 0 heterocycles. The first-order valence-corrected chi connectivity index (χ1v) is 10.2. The Morgan fingerprint density at radius 2 is 1.18 bits per heavy atom. The van der Waals surface area contributed by atoms with Crippen molar-refractivity contribution in [2.75, 3.05) is 0 Å².